The molecule has 4 rings (SSSR count). The Hall–Kier alpha value is -4.40. The maximum atomic E-state index is 10.5. The third-order valence-electron chi connectivity index (χ3n) is 5.43. The van der Waals surface area contributed by atoms with Gasteiger partial charge < -0.3 is 21.4 Å². The minimum Gasteiger partial charge on any atom is -0.542 e. The molecule has 0 radical (unpaired) electrons. The van der Waals surface area contributed by atoms with Gasteiger partial charge in [0, 0.05) is 10.9 Å². The number of halogens is 3. The largest absolute Gasteiger partial charge is 1.00 e. The minimum atomic E-state index is -5.19. The Bertz CT molecular complexity index is 1420. The van der Waals surface area contributed by atoms with Crippen molar-refractivity contribution in [3.8, 4) is 22.4 Å². The molecule has 3 aromatic carbocycles. The number of fused-ring (bicyclic) bond motifs is 1. The number of hydrogen-bond acceptors (Lipinski definition) is 4. The number of guanidine groups is 1. The fraction of sp³-hybridized carbons (Fsp3) is 0.148. The number of carboxylic acids is 1. The molecule has 0 aliphatic heterocycles. The zero-order valence-electron chi connectivity index (χ0n) is 20.6. The van der Waals surface area contributed by atoms with E-state index in [1.807, 2.05) is 6.07 Å². The topological polar surface area (TPSA) is 117 Å². The molecule has 1 aromatic heterocycles. The molecule has 0 fully saturated rings. The van der Waals surface area contributed by atoms with Crippen molar-refractivity contribution >= 4 is 22.7 Å². The third-order valence-corrected chi connectivity index (χ3v) is 5.43. The summed E-state index contributed by atoms with van der Waals surface area (Å²) in [5.74, 6) is -2.94. The second kappa shape index (κ2) is 10.9. The zero-order valence-corrected chi connectivity index (χ0v) is 19.6. The van der Waals surface area contributed by atoms with Gasteiger partial charge in [0.15, 0.2) is 5.96 Å². The third kappa shape index (κ3) is 6.59. The lowest BCUT2D eigenvalue weighted by Crippen LogP contribution is -2.37. The van der Waals surface area contributed by atoms with Gasteiger partial charge in [-0.05, 0) is 59.7 Å². The molecule has 9 heteroatoms. The van der Waals surface area contributed by atoms with E-state index in [4.69, 9.17) is 26.4 Å². The van der Waals surface area contributed by atoms with E-state index in [0.717, 1.165) is 33.3 Å². The molecule has 0 amide bonds. The molecule has 36 heavy (non-hydrogen) atoms. The normalized spacial score (nSPS) is 10.9. The van der Waals surface area contributed by atoms with Crippen LogP contribution in [0.2, 0.25) is 0 Å². The molecule has 0 bridgehead atoms. The van der Waals surface area contributed by atoms with Crippen molar-refractivity contribution in [1.29, 1.82) is 0 Å². The van der Waals surface area contributed by atoms with E-state index in [1.54, 1.807) is 0 Å². The molecule has 4 aromatic rings. The molecular formula is C27H25F3N4O2. The average molecular weight is 495 g/mol. The van der Waals surface area contributed by atoms with Crippen LogP contribution in [0.4, 0.5) is 13.2 Å². The molecule has 6 nitrogen and oxygen atoms in total. The number of nitrogens with two attached hydrogens (primary N) is 2. The highest BCUT2D eigenvalue weighted by Gasteiger charge is 2.28. The molecular weight excluding hydrogens is 469 g/mol. The first-order valence-corrected chi connectivity index (χ1v) is 10.9. The van der Waals surface area contributed by atoms with Crippen LogP contribution in [-0.2, 0) is 11.3 Å². The van der Waals surface area contributed by atoms with Crippen molar-refractivity contribution in [3.05, 3.63) is 89.6 Å². The number of pyridine rings is 1. The predicted molar refractivity (Wildman–Crippen MR) is 134 cm³/mol. The maximum Gasteiger partial charge on any atom is 1.00 e. The average Bonchev–Trinajstić information content (AvgIpc) is 2.83. The lowest BCUT2D eigenvalue weighted by atomic mass is 9.98. The first kappa shape index (κ1) is 26.2. The Morgan fingerprint density at radius 2 is 1.50 bits per heavy atom. The van der Waals surface area contributed by atoms with Crippen molar-refractivity contribution < 1.29 is 24.5 Å². The molecule has 0 saturated heterocycles. The lowest BCUT2D eigenvalue weighted by Gasteiger charge is -2.12. The van der Waals surface area contributed by atoms with Gasteiger partial charge in [-0.15, -0.1) is 0 Å². The number of aliphatic imine (C=N–C) groups is 1. The van der Waals surface area contributed by atoms with Gasteiger partial charge in [-0.2, -0.15) is 13.2 Å². The van der Waals surface area contributed by atoms with Crippen LogP contribution < -0.4 is 16.6 Å². The summed E-state index contributed by atoms with van der Waals surface area (Å²) in [4.78, 5) is 17.9. The molecule has 0 unspecified atom stereocenters. The summed E-state index contributed by atoms with van der Waals surface area (Å²) in [6, 6.07) is 25.3. The van der Waals surface area contributed by atoms with E-state index in [-0.39, 0.29) is 7.39 Å². The van der Waals surface area contributed by atoms with Gasteiger partial charge >= 0.3 is 7.60 Å². The van der Waals surface area contributed by atoms with Crippen LogP contribution in [0.3, 0.4) is 0 Å². The molecule has 1 heterocycles. The van der Waals surface area contributed by atoms with Crippen LogP contribution in [0.1, 0.15) is 18.2 Å². The highest BCUT2D eigenvalue weighted by Crippen LogP contribution is 2.30. The fourth-order valence-corrected chi connectivity index (χ4v) is 3.52. The Morgan fingerprint density at radius 1 is 0.917 bits per heavy atom. The van der Waals surface area contributed by atoms with Gasteiger partial charge in [0.05, 0.1) is 17.9 Å². The number of hydrogen-bond donors (Lipinski definition) is 2. The molecule has 0 aliphatic rings. The van der Waals surface area contributed by atoms with Crippen molar-refractivity contribution in [1.82, 2.24) is 4.98 Å². The monoisotopic (exact) mass is 494 g/mol. The predicted octanol–water partition coefficient (Wildman–Crippen LogP) is 4.37. The van der Waals surface area contributed by atoms with Crippen LogP contribution in [0.25, 0.3) is 33.2 Å². The maximum absolute atomic E-state index is 10.5. The fourth-order valence-electron chi connectivity index (χ4n) is 3.52. The van der Waals surface area contributed by atoms with E-state index in [0.29, 0.717) is 6.54 Å². The first-order valence-electron chi connectivity index (χ1n) is 10.9. The van der Waals surface area contributed by atoms with E-state index >= 15 is 0 Å². The summed E-state index contributed by atoms with van der Waals surface area (Å²) in [6.07, 6.45) is -5.19. The summed E-state index contributed by atoms with van der Waals surface area (Å²) in [5.41, 5.74) is 18.8. The van der Waals surface area contributed by atoms with Gasteiger partial charge in [0.2, 0.25) is 0 Å². The first-order chi connectivity index (χ1) is 17.0. The number of benzene rings is 3. The Labute approximate surface area is 207 Å². The SMILES string of the molecule is Cc1cc2cc(-c3cccc(-c4ccccc4)c3)nc(CN=C(N)N)c2cc1C.O=C([O-])C(F)(F)F.[H+]. The number of aryl methyl sites for hydroxylation is 2. The van der Waals surface area contributed by atoms with Crippen LogP contribution in [0, 0.1) is 13.8 Å². The van der Waals surface area contributed by atoms with Gasteiger partial charge in [0.1, 0.15) is 5.97 Å². The van der Waals surface area contributed by atoms with E-state index < -0.39 is 12.1 Å². The van der Waals surface area contributed by atoms with Gasteiger partial charge in [-0.1, -0.05) is 54.6 Å². The number of nitrogens with zero attached hydrogens (tertiary/aromatic N) is 2. The summed E-state index contributed by atoms with van der Waals surface area (Å²) in [6.45, 7) is 4.59. The number of rotatable bonds is 4. The standard InChI is InChI=1S/C25H24N4.C2HF3O2/c1-16-11-21-14-23(29-24(15-28-25(26)27)22(21)12-17(16)2)20-10-6-9-19(13-20)18-7-4-3-5-8-18;3-2(4,5)1(6)7/h3-14H,15H2,1-2H3,(H4,26,27,28);(H,6,7). The van der Waals surface area contributed by atoms with Gasteiger partial charge in [-0.3, -0.25) is 4.98 Å². The number of carboxylic acid groups (broad SMARTS) is 1. The van der Waals surface area contributed by atoms with Crippen LogP contribution in [0.5, 0.6) is 0 Å². The van der Waals surface area contributed by atoms with Crippen LogP contribution in [0.15, 0.2) is 77.8 Å². The van der Waals surface area contributed by atoms with E-state index in [9.17, 15) is 13.2 Å². The van der Waals surface area contributed by atoms with E-state index in [2.05, 4.69) is 85.6 Å². The highest BCUT2D eigenvalue weighted by atomic mass is 19.4. The molecule has 0 atom stereocenters. The second-order valence-corrected chi connectivity index (χ2v) is 8.08. The molecule has 186 valence electrons. The number of alkyl halides is 3. The van der Waals surface area contributed by atoms with Crippen molar-refractivity contribution in [2.24, 2.45) is 16.5 Å². The quantitative estimate of drug-likeness (QED) is 0.323. The van der Waals surface area contributed by atoms with Crippen molar-refractivity contribution in [2.75, 3.05) is 0 Å². The summed E-state index contributed by atoms with van der Waals surface area (Å²) >= 11 is 0. The number of aliphatic carboxylic acids is 1. The zero-order chi connectivity index (χ0) is 26.5. The number of carbonyl (C=O) groups is 1. The minimum absolute atomic E-state index is 0. The van der Waals surface area contributed by atoms with Gasteiger partial charge in [-0.25, -0.2) is 4.99 Å². The molecule has 0 saturated carbocycles. The van der Waals surface area contributed by atoms with Crippen molar-refractivity contribution in [3.63, 3.8) is 0 Å². The Kier molecular flexibility index (Phi) is 7.93. The van der Waals surface area contributed by atoms with Crippen LogP contribution >= 0.6 is 0 Å². The Morgan fingerprint density at radius 3 is 2.11 bits per heavy atom. The number of aromatic nitrogens is 1. The summed E-state index contributed by atoms with van der Waals surface area (Å²) < 4.78 is 31.5. The van der Waals surface area contributed by atoms with Crippen LogP contribution in [-0.4, -0.2) is 23.1 Å². The van der Waals surface area contributed by atoms with E-state index in [1.165, 1.54) is 16.7 Å². The molecule has 0 aliphatic carbocycles. The highest BCUT2D eigenvalue weighted by molar-refractivity contribution is 5.90. The second-order valence-electron chi connectivity index (χ2n) is 8.08. The molecule has 0 spiro atoms. The van der Waals surface area contributed by atoms with Gasteiger partial charge in [0.25, 0.3) is 0 Å². The molecule has 4 N–H and O–H groups in total. The lowest BCUT2D eigenvalue weighted by molar-refractivity contribution is -0.344. The van der Waals surface area contributed by atoms with Crippen molar-refractivity contribution in [2.45, 2.75) is 26.6 Å². The Balaban J connectivity index is 0.000000532. The summed E-state index contributed by atoms with van der Waals surface area (Å²) in [7, 11) is 0. The smallest absolute Gasteiger partial charge is 0.542 e. The summed E-state index contributed by atoms with van der Waals surface area (Å²) in [5, 5.41) is 11.0. The number of carbonyl (C=O) groups excluding carboxylic acids is 1.